The van der Waals surface area contributed by atoms with Gasteiger partial charge in [0.15, 0.2) is 0 Å². The molecule has 1 N–H and O–H groups in total. The number of piperazine rings is 1. The fourth-order valence-electron chi connectivity index (χ4n) is 3.24. The Balaban J connectivity index is 1.47. The number of rotatable bonds is 6. The minimum Gasteiger partial charge on any atom is -0.497 e. The third-order valence-electron chi connectivity index (χ3n) is 4.78. The van der Waals surface area contributed by atoms with Crippen LogP contribution in [0.15, 0.2) is 54.6 Å². The first kappa shape index (κ1) is 18.3. The number of nitrogens with zero attached hydrogens (tertiary/aromatic N) is 2. The molecule has 1 aliphatic heterocycles. The monoisotopic (exact) mass is 353 g/mol. The van der Waals surface area contributed by atoms with Gasteiger partial charge in [-0.05, 0) is 36.8 Å². The second-order valence-electron chi connectivity index (χ2n) is 6.68. The zero-order valence-corrected chi connectivity index (χ0v) is 15.5. The Kier molecular flexibility index (Phi) is 6.12. The lowest BCUT2D eigenvalue weighted by atomic mass is 10.2. The normalized spacial score (nSPS) is 16.2. The van der Waals surface area contributed by atoms with Gasteiger partial charge < -0.3 is 15.0 Å². The van der Waals surface area contributed by atoms with E-state index in [4.69, 9.17) is 4.74 Å². The minimum absolute atomic E-state index is 0.153. The van der Waals surface area contributed by atoms with Crippen LogP contribution in [-0.4, -0.2) is 55.0 Å². The Morgan fingerprint density at radius 1 is 1.04 bits per heavy atom. The highest BCUT2D eigenvalue weighted by atomic mass is 16.5. The molecule has 3 rings (SSSR count). The van der Waals surface area contributed by atoms with Crippen LogP contribution in [-0.2, 0) is 11.3 Å². The van der Waals surface area contributed by atoms with Crippen LogP contribution >= 0.6 is 0 Å². The van der Waals surface area contributed by atoms with Crippen molar-refractivity contribution in [3.8, 4) is 5.75 Å². The highest BCUT2D eigenvalue weighted by molar-refractivity contribution is 5.84. The first-order chi connectivity index (χ1) is 12.7. The van der Waals surface area contributed by atoms with Crippen LogP contribution in [0.5, 0.6) is 5.75 Å². The largest absolute Gasteiger partial charge is 0.497 e. The number of hydrogen-bond donors (Lipinski definition) is 1. The lowest BCUT2D eigenvalue weighted by Gasteiger charge is -2.36. The van der Waals surface area contributed by atoms with Crippen LogP contribution in [0.1, 0.15) is 12.5 Å². The van der Waals surface area contributed by atoms with Crippen molar-refractivity contribution in [3.05, 3.63) is 60.2 Å². The predicted octanol–water partition coefficient (Wildman–Crippen LogP) is 2.84. The van der Waals surface area contributed by atoms with Gasteiger partial charge in [-0.2, -0.15) is 0 Å². The Bertz CT molecular complexity index is 695. The average Bonchev–Trinajstić information content (AvgIpc) is 2.69. The molecule has 2 aromatic carbocycles. The van der Waals surface area contributed by atoms with Crippen molar-refractivity contribution in [2.45, 2.75) is 19.5 Å². The number of nitrogens with one attached hydrogen (secondary N) is 1. The molecule has 138 valence electrons. The molecule has 5 nitrogen and oxygen atoms in total. The zero-order chi connectivity index (χ0) is 18.4. The van der Waals surface area contributed by atoms with Gasteiger partial charge in [0.2, 0.25) is 5.91 Å². The number of anilines is 1. The van der Waals surface area contributed by atoms with Gasteiger partial charge in [0.05, 0.1) is 7.11 Å². The first-order valence-corrected chi connectivity index (χ1v) is 9.11. The van der Waals surface area contributed by atoms with E-state index < -0.39 is 0 Å². The summed E-state index contributed by atoms with van der Waals surface area (Å²) in [6.07, 6.45) is 0. The van der Waals surface area contributed by atoms with E-state index in [1.54, 1.807) is 7.11 Å². The number of methoxy groups -OCH3 is 1. The van der Waals surface area contributed by atoms with E-state index in [0.29, 0.717) is 0 Å². The van der Waals surface area contributed by atoms with Crippen molar-refractivity contribution in [2.24, 2.45) is 0 Å². The van der Waals surface area contributed by atoms with Crippen LogP contribution in [0.3, 0.4) is 0 Å². The number of ether oxygens (including phenoxy) is 1. The van der Waals surface area contributed by atoms with E-state index in [-0.39, 0.29) is 11.9 Å². The molecule has 1 aliphatic rings. The molecule has 0 aliphatic carbocycles. The Morgan fingerprint density at radius 2 is 1.69 bits per heavy atom. The van der Waals surface area contributed by atoms with Crippen molar-refractivity contribution in [1.82, 2.24) is 9.80 Å². The molecule has 0 radical (unpaired) electrons. The van der Waals surface area contributed by atoms with E-state index in [1.165, 1.54) is 5.56 Å². The van der Waals surface area contributed by atoms with Crippen molar-refractivity contribution in [3.63, 3.8) is 0 Å². The summed E-state index contributed by atoms with van der Waals surface area (Å²) in [7, 11) is 1.64. The van der Waals surface area contributed by atoms with E-state index in [2.05, 4.69) is 34.5 Å². The molecule has 5 heteroatoms. The number of carbonyl (C=O) groups is 1. The summed E-state index contributed by atoms with van der Waals surface area (Å²) < 4.78 is 5.16. The second-order valence-corrected chi connectivity index (χ2v) is 6.68. The summed E-state index contributed by atoms with van der Waals surface area (Å²) in [5.41, 5.74) is 2.25. The predicted molar refractivity (Wildman–Crippen MR) is 104 cm³/mol. The van der Waals surface area contributed by atoms with Crippen molar-refractivity contribution >= 4 is 11.6 Å². The lowest BCUT2D eigenvalue weighted by molar-refractivity contribution is -0.133. The minimum atomic E-state index is -0.246. The molecular formula is C21H27N3O2. The van der Waals surface area contributed by atoms with E-state index in [9.17, 15) is 4.79 Å². The van der Waals surface area contributed by atoms with Crippen LogP contribution in [0.25, 0.3) is 0 Å². The molecule has 1 fully saturated rings. The summed E-state index contributed by atoms with van der Waals surface area (Å²) >= 11 is 0. The van der Waals surface area contributed by atoms with Gasteiger partial charge in [-0.15, -0.1) is 0 Å². The Morgan fingerprint density at radius 3 is 2.31 bits per heavy atom. The van der Waals surface area contributed by atoms with Gasteiger partial charge in [-0.1, -0.05) is 30.3 Å². The molecule has 0 aromatic heterocycles. The highest BCUT2D eigenvalue weighted by Crippen LogP contribution is 2.17. The Hall–Kier alpha value is -2.53. The number of amides is 1. The van der Waals surface area contributed by atoms with Crippen LogP contribution < -0.4 is 10.1 Å². The maximum Gasteiger partial charge on any atom is 0.244 e. The molecule has 0 bridgehead atoms. The highest BCUT2D eigenvalue weighted by Gasteiger charge is 2.24. The van der Waals surface area contributed by atoms with Crippen molar-refractivity contribution in [2.75, 3.05) is 38.6 Å². The summed E-state index contributed by atoms with van der Waals surface area (Å²) in [6.45, 7) is 6.25. The van der Waals surface area contributed by atoms with Gasteiger partial charge >= 0.3 is 0 Å². The number of benzene rings is 2. The molecule has 26 heavy (non-hydrogen) atoms. The van der Waals surface area contributed by atoms with Gasteiger partial charge in [-0.3, -0.25) is 9.69 Å². The molecule has 0 unspecified atom stereocenters. The maximum atomic E-state index is 12.7. The molecule has 1 saturated heterocycles. The summed E-state index contributed by atoms with van der Waals surface area (Å²) in [5.74, 6) is 0.962. The topological polar surface area (TPSA) is 44.8 Å². The quantitative estimate of drug-likeness (QED) is 0.867. The van der Waals surface area contributed by atoms with Crippen LogP contribution in [0, 0.1) is 0 Å². The molecule has 0 saturated carbocycles. The maximum absolute atomic E-state index is 12.7. The average molecular weight is 353 g/mol. The third-order valence-corrected chi connectivity index (χ3v) is 4.78. The fraction of sp³-hybridized carbons (Fsp3) is 0.381. The van der Waals surface area contributed by atoms with E-state index in [0.717, 1.165) is 44.2 Å². The van der Waals surface area contributed by atoms with E-state index >= 15 is 0 Å². The standard InChI is InChI=1S/C21H27N3O2/c1-17(22-19-8-10-20(26-2)11-9-19)21(25)24-14-12-23(13-15-24)16-18-6-4-3-5-7-18/h3-11,17,22H,12-16H2,1-2H3/t17-/m1/s1. The number of hydrogen-bond acceptors (Lipinski definition) is 4. The smallest absolute Gasteiger partial charge is 0.244 e. The summed E-state index contributed by atoms with van der Waals surface area (Å²) in [4.78, 5) is 17.1. The van der Waals surface area contributed by atoms with Gasteiger partial charge in [0.25, 0.3) is 0 Å². The molecular weight excluding hydrogens is 326 g/mol. The Labute approximate surface area is 155 Å². The fourth-order valence-corrected chi connectivity index (χ4v) is 3.24. The molecule has 1 heterocycles. The molecule has 1 amide bonds. The summed E-state index contributed by atoms with van der Waals surface area (Å²) in [6, 6.07) is 17.9. The zero-order valence-electron chi connectivity index (χ0n) is 15.5. The molecule has 2 aromatic rings. The van der Waals surface area contributed by atoms with Gasteiger partial charge in [0, 0.05) is 38.4 Å². The van der Waals surface area contributed by atoms with E-state index in [1.807, 2.05) is 42.2 Å². The van der Waals surface area contributed by atoms with Crippen molar-refractivity contribution in [1.29, 1.82) is 0 Å². The first-order valence-electron chi connectivity index (χ1n) is 9.11. The van der Waals surface area contributed by atoms with Crippen LogP contribution in [0.2, 0.25) is 0 Å². The van der Waals surface area contributed by atoms with Crippen molar-refractivity contribution < 1.29 is 9.53 Å². The molecule has 0 spiro atoms. The van der Waals surface area contributed by atoms with Gasteiger partial charge in [0.1, 0.15) is 11.8 Å². The van der Waals surface area contributed by atoms with Crippen LogP contribution in [0.4, 0.5) is 5.69 Å². The summed E-state index contributed by atoms with van der Waals surface area (Å²) in [5, 5.41) is 3.28. The second kappa shape index (κ2) is 8.72. The van der Waals surface area contributed by atoms with Gasteiger partial charge in [-0.25, -0.2) is 0 Å². The number of carbonyl (C=O) groups excluding carboxylic acids is 1. The SMILES string of the molecule is COc1ccc(N[C@H](C)C(=O)N2CCN(Cc3ccccc3)CC2)cc1. The lowest BCUT2D eigenvalue weighted by Crippen LogP contribution is -2.51. The molecule has 1 atom stereocenters. The third kappa shape index (κ3) is 4.76.